The summed E-state index contributed by atoms with van der Waals surface area (Å²) in [5.74, 6) is 1.03. The fraction of sp³-hybridized carbons (Fsp3) is 0.368. The summed E-state index contributed by atoms with van der Waals surface area (Å²) in [5.41, 5.74) is 11.5. The van der Waals surface area contributed by atoms with Crippen molar-refractivity contribution >= 4 is 11.8 Å². The van der Waals surface area contributed by atoms with Crippen molar-refractivity contribution in [2.75, 3.05) is 0 Å². The molecule has 112 valence electrons. The van der Waals surface area contributed by atoms with E-state index in [0.29, 0.717) is 0 Å². The molecule has 0 radical (unpaired) electrons. The molecule has 2 rings (SSSR count). The Morgan fingerprint density at radius 1 is 1.05 bits per heavy atom. The van der Waals surface area contributed by atoms with E-state index in [1.807, 2.05) is 11.8 Å². The van der Waals surface area contributed by atoms with E-state index < -0.39 is 0 Å². The number of hydrogen-bond acceptors (Lipinski definition) is 2. The lowest BCUT2D eigenvalue weighted by molar-refractivity contribution is 0.646. The molecule has 0 amide bonds. The van der Waals surface area contributed by atoms with Crippen molar-refractivity contribution in [1.82, 2.24) is 0 Å². The number of nitrogens with two attached hydrogens (primary N) is 1. The molecule has 0 spiro atoms. The molecule has 0 fully saturated rings. The molecule has 1 atom stereocenters. The molecule has 0 aromatic heterocycles. The van der Waals surface area contributed by atoms with Crippen molar-refractivity contribution < 1.29 is 0 Å². The summed E-state index contributed by atoms with van der Waals surface area (Å²) < 4.78 is 0. The number of hydrogen-bond donors (Lipinski definition) is 1. The zero-order valence-electron chi connectivity index (χ0n) is 13.2. The summed E-state index contributed by atoms with van der Waals surface area (Å²) in [6.07, 6.45) is 2.00. The van der Waals surface area contributed by atoms with E-state index in [1.165, 1.54) is 27.1 Å². The van der Waals surface area contributed by atoms with Gasteiger partial charge in [-0.2, -0.15) is 0 Å². The van der Waals surface area contributed by atoms with Gasteiger partial charge in [-0.1, -0.05) is 43.3 Å². The van der Waals surface area contributed by atoms with E-state index in [-0.39, 0.29) is 6.04 Å². The van der Waals surface area contributed by atoms with Gasteiger partial charge in [0, 0.05) is 16.7 Å². The molecule has 0 aliphatic heterocycles. The van der Waals surface area contributed by atoms with Crippen LogP contribution in [0.1, 0.15) is 35.6 Å². The van der Waals surface area contributed by atoms with Gasteiger partial charge in [0.15, 0.2) is 0 Å². The summed E-state index contributed by atoms with van der Waals surface area (Å²) >= 11 is 1.92. The quantitative estimate of drug-likeness (QED) is 0.770. The third-order valence-corrected chi connectivity index (χ3v) is 5.13. The van der Waals surface area contributed by atoms with Gasteiger partial charge in [0.1, 0.15) is 0 Å². The molecule has 0 heterocycles. The highest BCUT2D eigenvalue weighted by Gasteiger charge is 2.06. The van der Waals surface area contributed by atoms with Crippen molar-refractivity contribution in [2.45, 2.75) is 50.3 Å². The van der Waals surface area contributed by atoms with E-state index >= 15 is 0 Å². The first-order chi connectivity index (χ1) is 10.1. The van der Waals surface area contributed by atoms with Gasteiger partial charge in [-0.15, -0.1) is 11.8 Å². The summed E-state index contributed by atoms with van der Waals surface area (Å²) in [6, 6.07) is 15.6. The van der Waals surface area contributed by atoms with Crippen LogP contribution < -0.4 is 5.73 Å². The van der Waals surface area contributed by atoms with Crippen LogP contribution in [0.4, 0.5) is 0 Å². The lowest BCUT2D eigenvalue weighted by Gasteiger charge is -2.12. The van der Waals surface area contributed by atoms with E-state index in [4.69, 9.17) is 5.73 Å². The van der Waals surface area contributed by atoms with Crippen molar-refractivity contribution in [3.8, 4) is 0 Å². The van der Waals surface area contributed by atoms with Crippen LogP contribution in [0.2, 0.25) is 0 Å². The van der Waals surface area contributed by atoms with Crippen LogP contribution in [0.25, 0.3) is 0 Å². The SMILES string of the molecule is CCC(N)Cc1ccc(SCc2ccccc2C)c(C)c1. The number of aryl methyl sites for hydroxylation is 2. The normalized spacial score (nSPS) is 12.4. The second-order valence-electron chi connectivity index (χ2n) is 5.69. The Morgan fingerprint density at radius 3 is 2.48 bits per heavy atom. The third kappa shape index (κ3) is 4.62. The summed E-state index contributed by atoms with van der Waals surface area (Å²) in [4.78, 5) is 1.37. The predicted molar refractivity (Wildman–Crippen MR) is 93.9 cm³/mol. The van der Waals surface area contributed by atoms with E-state index in [1.54, 1.807) is 0 Å². The summed E-state index contributed by atoms with van der Waals surface area (Å²) in [7, 11) is 0. The first-order valence-electron chi connectivity index (χ1n) is 7.62. The largest absolute Gasteiger partial charge is 0.327 e. The van der Waals surface area contributed by atoms with E-state index in [2.05, 4.69) is 63.2 Å². The van der Waals surface area contributed by atoms with Crippen LogP contribution in [-0.4, -0.2) is 6.04 Å². The smallest absolute Gasteiger partial charge is 0.0234 e. The Balaban J connectivity index is 2.03. The summed E-state index contributed by atoms with van der Waals surface area (Å²) in [5, 5.41) is 0. The first-order valence-corrected chi connectivity index (χ1v) is 8.61. The third-order valence-electron chi connectivity index (χ3n) is 3.91. The fourth-order valence-corrected chi connectivity index (χ4v) is 3.46. The molecule has 2 heteroatoms. The van der Waals surface area contributed by atoms with Crippen LogP contribution in [0, 0.1) is 13.8 Å². The highest BCUT2D eigenvalue weighted by Crippen LogP contribution is 2.28. The standard InChI is InChI=1S/C19H25NS/c1-4-18(20)12-16-9-10-19(15(3)11-16)21-13-17-8-6-5-7-14(17)2/h5-11,18H,4,12-13,20H2,1-3H3. The van der Waals surface area contributed by atoms with Gasteiger partial charge in [-0.05, 0) is 55.0 Å². The molecule has 1 nitrogen and oxygen atoms in total. The van der Waals surface area contributed by atoms with Gasteiger partial charge in [0.05, 0.1) is 0 Å². The Bertz CT molecular complexity index is 592. The van der Waals surface area contributed by atoms with Crippen molar-refractivity contribution in [3.63, 3.8) is 0 Å². The fourth-order valence-electron chi connectivity index (χ4n) is 2.38. The minimum absolute atomic E-state index is 0.273. The topological polar surface area (TPSA) is 26.0 Å². The molecule has 2 aromatic rings. The highest BCUT2D eigenvalue weighted by molar-refractivity contribution is 7.98. The Labute approximate surface area is 133 Å². The zero-order chi connectivity index (χ0) is 15.2. The molecule has 1 unspecified atom stereocenters. The predicted octanol–water partition coefficient (Wildman–Crippen LogP) is 4.88. The number of rotatable bonds is 6. The monoisotopic (exact) mass is 299 g/mol. The average molecular weight is 299 g/mol. The van der Waals surface area contributed by atoms with Gasteiger partial charge < -0.3 is 5.73 Å². The van der Waals surface area contributed by atoms with Crippen LogP contribution >= 0.6 is 11.8 Å². The van der Waals surface area contributed by atoms with E-state index in [9.17, 15) is 0 Å². The van der Waals surface area contributed by atoms with Crippen LogP contribution in [-0.2, 0) is 12.2 Å². The van der Waals surface area contributed by atoms with Crippen LogP contribution in [0.15, 0.2) is 47.4 Å². The molecule has 0 aliphatic carbocycles. The molecule has 2 N–H and O–H groups in total. The van der Waals surface area contributed by atoms with Gasteiger partial charge >= 0.3 is 0 Å². The average Bonchev–Trinajstić information content (AvgIpc) is 2.48. The highest BCUT2D eigenvalue weighted by atomic mass is 32.2. The molecule has 2 aromatic carbocycles. The molecular weight excluding hydrogens is 274 g/mol. The lowest BCUT2D eigenvalue weighted by Crippen LogP contribution is -2.21. The lowest BCUT2D eigenvalue weighted by atomic mass is 10.0. The Morgan fingerprint density at radius 2 is 1.81 bits per heavy atom. The number of thioether (sulfide) groups is 1. The van der Waals surface area contributed by atoms with Gasteiger partial charge in [-0.3, -0.25) is 0 Å². The molecular formula is C19H25NS. The van der Waals surface area contributed by atoms with Crippen molar-refractivity contribution in [3.05, 3.63) is 64.7 Å². The molecule has 0 aliphatic rings. The van der Waals surface area contributed by atoms with Crippen molar-refractivity contribution in [1.29, 1.82) is 0 Å². The maximum absolute atomic E-state index is 6.04. The van der Waals surface area contributed by atoms with Crippen LogP contribution in [0.3, 0.4) is 0 Å². The van der Waals surface area contributed by atoms with Gasteiger partial charge in [-0.25, -0.2) is 0 Å². The minimum Gasteiger partial charge on any atom is -0.327 e. The first kappa shape index (κ1) is 16.1. The summed E-state index contributed by atoms with van der Waals surface area (Å²) in [6.45, 7) is 6.52. The molecule has 0 bridgehead atoms. The maximum atomic E-state index is 6.04. The van der Waals surface area contributed by atoms with Gasteiger partial charge in [0.2, 0.25) is 0 Å². The van der Waals surface area contributed by atoms with Crippen LogP contribution in [0.5, 0.6) is 0 Å². The second-order valence-corrected chi connectivity index (χ2v) is 6.70. The minimum atomic E-state index is 0.273. The molecule has 0 saturated carbocycles. The van der Waals surface area contributed by atoms with Crippen molar-refractivity contribution in [2.24, 2.45) is 5.73 Å². The second kappa shape index (κ2) is 7.67. The Hall–Kier alpha value is -1.25. The Kier molecular flexibility index (Phi) is 5.89. The number of benzene rings is 2. The molecule has 0 saturated heterocycles. The molecule has 21 heavy (non-hydrogen) atoms. The maximum Gasteiger partial charge on any atom is 0.0234 e. The zero-order valence-corrected chi connectivity index (χ0v) is 14.0. The van der Waals surface area contributed by atoms with Gasteiger partial charge in [0.25, 0.3) is 0 Å². The van der Waals surface area contributed by atoms with E-state index in [0.717, 1.165) is 18.6 Å².